The Hall–Kier alpha value is -1.69. The van der Waals surface area contributed by atoms with Crippen LogP contribution in [-0.4, -0.2) is 55.5 Å². The minimum Gasteiger partial charge on any atom is -0.350 e. The van der Waals surface area contributed by atoms with Crippen molar-refractivity contribution in [1.82, 2.24) is 15.1 Å². The molecule has 0 unspecified atom stereocenters. The molecule has 1 aliphatic rings. The lowest BCUT2D eigenvalue weighted by Crippen LogP contribution is -2.48. The second-order valence-electron chi connectivity index (χ2n) is 6.49. The van der Waals surface area contributed by atoms with E-state index in [-0.39, 0.29) is 11.9 Å². The van der Waals surface area contributed by atoms with Gasteiger partial charge in [0, 0.05) is 38.3 Å². The summed E-state index contributed by atoms with van der Waals surface area (Å²) in [6.07, 6.45) is 0. The van der Waals surface area contributed by atoms with Crippen molar-refractivity contribution in [1.29, 1.82) is 0 Å². The van der Waals surface area contributed by atoms with Crippen molar-refractivity contribution in [3.8, 4) is 0 Å². The normalized spacial score (nSPS) is 17.6. The Morgan fingerprint density at radius 2 is 2.04 bits per heavy atom. The van der Waals surface area contributed by atoms with Gasteiger partial charge in [0.15, 0.2) is 0 Å². The molecule has 1 saturated heterocycles. The van der Waals surface area contributed by atoms with Gasteiger partial charge in [-0.25, -0.2) is 0 Å². The van der Waals surface area contributed by atoms with E-state index in [1.807, 2.05) is 31.2 Å². The number of nitrogens with one attached hydrogen (secondary N) is 1. The molecule has 24 heavy (non-hydrogen) atoms. The van der Waals surface area contributed by atoms with E-state index in [0.29, 0.717) is 6.54 Å². The molecule has 4 nitrogen and oxygen atoms in total. The summed E-state index contributed by atoms with van der Waals surface area (Å²) in [6, 6.07) is 10.2. The fourth-order valence-electron chi connectivity index (χ4n) is 3.13. The molecule has 3 rings (SSSR count). The maximum Gasteiger partial charge on any atom is 0.251 e. The summed E-state index contributed by atoms with van der Waals surface area (Å²) in [6.45, 7) is 6.88. The quantitative estimate of drug-likeness (QED) is 0.907. The molecule has 1 fully saturated rings. The summed E-state index contributed by atoms with van der Waals surface area (Å²) in [4.78, 5) is 17.3. The monoisotopic (exact) mass is 343 g/mol. The van der Waals surface area contributed by atoms with Crippen LogP contribution in [0.5, 0.6) is 0 Å². The Morgan fingerprint density at radius 3 is 2.71 bits per heavy atom. The van der Waals surface area contributed by atoms with E-state index >= 15 is 0 Å². The molecule has 1 aromatic carbocycles. The van der Waals surface area contributed by atoms with Gasteiger partial charge in [0.05, 0.1) is 6.04 Å². The van der Waals surface area contributed by atoms with Crippen LogP contribution >= 0.6 is 11.3 Å². The molecule has 1 amide bonds. The Morgan fingerprint density at radius 1 is 1.25 bits per heavy atom. The third kappa shape index (κ3) is 4.23. The minimum absolute atomic E-state index is 0.00746. The molecule has 2 aromatic rings. The van der Waals surface area contributed by atoms with E-state index in [4.69, 9.17) is 0 Å². The number of piperazine rings is 1. The number of carbonyl (C=O) groups is 1. The SMILES string of the molecule is Cc1cccc(C(=O)NC[C@@H](c2ccsc2)N2CCN(C)CC2)c1. The molecule has 1 N–H and O–H groups in total. The number of benzene rings is 1. The van der Waals surface area contributed by atoms with E-state index in [2.05, 4.69) is 39.0 Å². The second kappa shape index (κ2) is 7.92. The Bertz CT molecular complexity index is 663. The summed E-state index contributed by atoms with van der Waals surface area (Å²) in [5.41, 5.74) is 3.14. The Kier molecular flexibility index (Phi) is 5.66. The lowest BCUT2D eigenvalue weighted by molar-refractivity contribution is 0.0886. The van der Waals surface area contributed by atoms with Gasteiger partial charge in [-0.2, -0.15) is 11.3 Å². The fraction of sp³-hybridized carbons (Fsp3) is 0.421. The highest BCUT2D eigenvalue weighted by atomic mass is 32.1. The molecule has 1 aromatic heterocycles. The smallest absolute Gasteiger partial charge is 0.251 e. The number of hydrogen-bond donors (Lipinski definition) is 1. The van der Waals surface area contributed by atoms with Crippen LogP contribution in [0.15, 0.2) is 41.1 Å². The first-order chi connectivity index (χ1) is 11.6. The van der Waals surface area contributed by atoms with Crippen LogP contribution in [0.25, 0.3) is 0 Å². The van der Waals surface area contributed by atoms with Gasteiger partial charge in [-0.05, 0) is 48.5 Å². The summed E-state index contributed by atoms with van der Waals surface area (Å²) in [5.74, 6) is 0.00746. The van der Waals surface area contributed by atoms with Crippen LogP contribution in [0, 0.1) is 6.92 Å². The van der Waals surface area contributed by atoms with Crippen molar-refractivity contribution >= 4 is 17.2 Å². The van der Waals surface area contributed by atoms with Gasteiger partial charge in [0.25, 0.3) is 5.91 Å². The van der Waals surface area contributed by atoms with Crippen molar-refractivity contribution in [2.75, 3.05) is 39.8 Å². The fourth-order valence-corrected chi connectivity index (χ4v) is 3.84. The minimum atomic E-state index is 0.00746. The Balaban J connectivity index is 1.67. The highest BCUT2D eigenvalue weighted by Gasteiger charge is 2.24. The number of likely N-dealkylation sites (N-methyl/N-ethyl adjacent to an activating group) is 1. The lowest BCUT2D eigenvalue weighted by atomic mass is 10.1. The van der Waals surface area contributed by atoms with Crippen LogP contribution in [0.3, 0.4) is 0 Å². The number of carbonyl (C=O) groups excluding carboxylic acids is 1. The molecular weight excluding hydrogens is 318 g/mol. The van der Waals surface area contributed by atoms with Crippen LogP contribution in [0.1, 0.15) is 27.5 Å². The highest BCUT2D eigenvalue weighted by Crippen LogP contribution is 2.23. The van der Waals surface area contributed by atoms with Crippen molar-refractivity contribution in [3.05, 3.63) is 57.8 Å². The number of hydrogen-bond acceptors (Lipinski definition) is 4. The zero-order chi connectivity index (χ0) is 16.9. The second-order valence-corrected chi connectivity index (χ2v) is 7.27. The van der Waals surface area contributed by atoms with Gasteiger partial charge in [-0.3, -0.25) is 9.69 Å². The number of nitrogens with zero attached hydrogens (tertiary/aromatic N) is 2. The van der Waals surface area contributed by atoms with Crippen molar-refractivity contribution in [3.63, 3.8) is 0 Å². The Labute approximate surface area is 148 Å². The predicted octanol–water partition coefficient (Wildman–Crippen LogP) is 2.78. The molecule has 0 bridgehead atoms. The maximum absolute atomic E-state index is 12.5. The third-order valence-electron chi connectivity index (χ3n) is 4.64. The molecule has 1 aliphatic heterocycles. The summed E-state index contributed by atoms with van der Waals surface area (Å²) >= 11 is 1.72. The van der Waals surface area contributed by atoms with Crippen molar-refractivity contribution in [2.24, 2.45) is 0 Å². The zero-order valence-electron chi connectivity index (χ0n) is 14.4. The van der Waals surface area contributed by atoms with E-state index in [1.165, 1.54) is 5.56 Å². The lowest BCUT2D eigenvalue weighted by Gasteiger charge is -2.38. The van der Waals surface area contributed by atoms with E-state index in [9.17, 15) is 4.79 Å². The zero-order valence-corrected chi connectivity index (χ0v) is 15.2. The topological polar surface area (TPSA) is 35.6 Å². The van der Waals surface area contributed by atoms with Crippen LogP contribution < -0.4 is 5.32 Å². The van der Waals surface area contributed by atoms with Crippen LogP contribution in [-0.2, 0) is 0 Å². The van der Waals surface area contributed by atoms with Gasteiger partial charge in [-0.15, -0.1) is 0 Å². The molecule has 0 radical (unpaired) electrons. The van der Waals surface area contributed by atoms with E-state index in [1.54, 1.807) is 11.3 Å². The van der Waals surface area contributed by atoms with Gasteiger partial charge >= 0.3 is 0 Å². The number of aryl methyl sites for hydroxylation is 1. The molecule has 0 saturated carbocycles. The number of amides is 1. The third-order valence-corrected chi connectivity index (χ3v) is 5.34. The van der Waals surface area contributed by atoms with Crippen LogP contribution in [0.4, 0.5) is 0 Å². The van der Waals surface area contributed by atoms with E-state index in [0.717, 1.165) is 37.3 Å². The van der Waals surface area contributed by atoms with E-state index < -0.39 is 0 Å². The molecule has 128 valence electrons. The first kappa shape index (κ1) is 17.1. The maximum atomic E-state index is 12.5. The van der Waals surface area contributed by atoms with Crippen LogP contribution in [0.2, 0.25) is 0 Å². The van der Waals surface area contributed by atoms with Gasteiger partial charge in [0.2, 0.25) is 0 Å². The molecule has 1 atom stereocenters. The summed E-state index contributed by atoms with van der Waals surface area (Å²) < 4.78 is 0. The van der Waals surface area contributed by atoms with Gasteiger partial charge in [-0.1, -0.05) is 17.7 Å². The first-order valence-electron chi connectivity index (χ1n) is 8.43. The summed E-state index contributed by atoms with van der Waals surface area (Å²) in [7, 11) is 2.16. The average molecular weight is 343 g/mol. The molecule has 0 spiro atoms. The highest BCUT2D eigenvalue weighted by molar-refractivity contribution is 7.07. The number of thiophene rings is 1. The summed E-state index contributed by atoms with van der Waals surface area (Å²) in [5, 5.41) is 7.44. The molecule has 0 aliphatic carbocycles. The largest absolute Gasteiger partial charge is 0.350 e. The predicted molar refractivity (Wildman–Crippen MR) is 99.6 cm³/mol. The van der Waals surface area contributed by atoms with Crippen molar-refractivity contribution in [2.45, 2.75) is 13.0 Å². The molecule has 2 heterocycles. The van der Waals surface area contributed by atoms with Crippen molar-refractivity contribution < 1.29 is 4.79 Å². The first-order valence-corrected chi connectivity index (χ1v) is 9.37. The molecular formula is C19H25N3OS. The number of rotatable bonds is 5. The molecule has 5 heteroatoms. The van der Waals surface area contributed by atoms with Gasteiger partial charge < -0.3 is 10.2 Å². The average Bonchev–Trinajstić information content (AvgIpc) is 3.11. The van der Waals surface area contributed by atoms with Gasteiger partial charge in [0.1, 0.15) is 0 Å². The standard InChI is InChI=1S/C19H25N3OS/c1-15-4-3-5-16(12-15)19(23)20-13-18(17-6-11-24-14-17)22-9-7-21(2)8-10-22/h3-6,11-12,14,18H,7-10,13H2,1-2H3,(H,20,23)/t18-/m0/s1.